The van der Waals surface area contributed by atoms with E-state index >= 15 is 0 Å². The Morgan fingerprint density at radius 2 is 1.59 bits per heavy atom. The predicted octanol–water partition coefficient (Wildman–Crippen LogP) is 4.77. The van der Waals surface area contributed by atoms with Crippen molar-refractivity contribution in [3.05, 3.63) is 70.2 Å². The highest BCUT2D eigenvalue weighted by Crippen LogP contribution is 2.16. The standard InChI is InChI=1S/C24H31ClN2O2/c1-5-22(24(29)26-15-17(2)3)27(16-20-8-6-18(4)7-9-20)23(28)14-19-10-12-21(25)13-11-19/h6-13,17,22H,5,14-16H2,1-4H3,(H,26,29). The van der Waals surface area contributed by atoms with Crippen molar-refractivity contribution in [3.63, 3.8) is 0 Å². The average Bonchev–Trinajstić information content (AvgIpc) is 2.69. The molecular weight excluding hydrogens is 384 g/mol. The first-order valence-electron chi connectivity index (χ1n) is 10.2. The van der Waals surface area contributed by atoms with Gasteiger partial charge >= 0.3 is 0 Å². The van der Waals surface area contributed by atoms with E-state index in [0.29, 0.717) is 30.5 Å². The second-order valence-corrected chi connectivity index (χ2v) is 8.31. The Hall–Kier alpha value is -2.33. The first-order valence-corrected chi connectivity index (χ1v) is 10.5. The number of aryl methyl sites for hydroxylation is 1. The van der Waals surface area contributed by atoms with Gasteiger partial charge in [0.2, 0.25) is 11.8 Å². The smallest absolute Gasteiger partial charge is 0.242 e. The van der Waals surface area contributed by atoms with Gasteiger partial charge in [-0.05, 0) is 42.5 Å². The fourth-order valence-corrected chi connectivity index (χ4v) is 3.24. The quantitative estimate of drug-likeness (QED) is 0.642. The molecule has 0 saturated heterocycles. The van der Waals surface area contributed by atoms with Crippen molar-refractivity contribution in [3.8, 4) is 0 Å². The number of hydrogen-bond donors (Lipinski definition) is 1. The van der Waals surface area contributed by atoms with Gasteiger partial charge in [-0.2, -0.15) is 0 Å². The average molecular weight is 415 g/mol. The minimum absolute atomic E-state index is 0.0700. The molecule has 0 saturated carbocycles. The zero-order valence-electron chi connectivity index (χ0n) is 17.7. The highest BCUT2D eigenvalue weighted by molar-refractivity contribution is 6.30. The maximum Gasteiger partial charge on any atom is 0.242 e. The monoisotopic (exact) mass is 414 g/mol. The summed E-state index contributed by atoms with van der Waals surface area (Å²) < 4.78 is 0. The van der Waals surface area contributed by atoms with E-state index in [1.165, 1.54) is 0 Å². The summed E-state index contributed by atoms with van der Waals surface area (Å²) in [4.78, 5) is 27.8. The van der Waals surface area contributed by atoms with Gasteiger partial charge in [0.15, 0.2) is 0 Å². The van der Waals surface area contributed by atoms with Crippen LogP contribution in [0.2, 0.25) is 5.02 Å². The van der Waals surface area contributed by atoms with Gasteiger partial charge < -0.3 is 10.2 Å². The van der Waals surface area contributed by atoms with E-state index in [1.54, 1.807) is 17.0 Å². The Balaban J connectivity index is 2.24. The van der Waals surface area contributed by atoms with Crippen LogP contribution in [0.4, 0.5) is 0 Å². The number of rotatable bonds is 9. The Morgan fingerprint density at radius 1 is 1.00 bits per heavy atom. The molecule has 0 heterocycles. The molecule has 2 amide bonds. The third-order valence-corrected chi connectivity index (χ3v) is 5.06. The third kappa shape index (κ3) is 7.21. The van der Waals surface area contributed by atoms with Gasteiger partial charge in [0.1, 0.15) is 6.04 Å². The number of amides is 2. The van der Waals surface area contributed by atoms with Gasteiger partial charge in [-0.25, -0.2) is 0 Å². The number of halogens is 1. The van der Waals surface area contributed by atoms with Gasteiger partial charge in [-0.3, -0.25) is 9.59 Å². The largest absolute Gasteiger partial charge is 0.354 e. The van der Waals surface area contributed by atoms with Crippen LogP contribution in [0, 0.1) is 12.8 Å². The number of nitrogens with one attached hydrogen (secondary N) is 1. The van der Waals surface area contributed by atoms with E-state index in [9.17, 15) is 9.59 Å². The van der Waals surface area contributed by atoms with Crippen LogP contribution < -0.4 is 5.32 Å². The molecule has 2 rings (SSSR count). The van der Waals surface area contributed by atoms with Gasteiger partial charge in [-0.1, -0.05) is 74.3 Å². The van der Waals surface area contributed by atoms with Gasteiger partial charge in [0, 0.05) is 18.1 Å². The highest BCUT2D eigenvalue weighted by Gasteiger charge is 2.28. The fraction of sp³-hybridized carbons (Fsp3) is 0.417. The summed E-state index contributed by atoms with van der Waals surface area (Å²) in [7, 11) is 0. The highest BCUT2D eigenvalue weighted by atomic mass is 35.5. The van der Waals surface area contributed by atoms with Crippen molar-refractivity contribution in [2.75, 3.05) is 6.54 Å². The summed E-state index contributed by atoms with van der Waals surface area (Å²) in [5.41, 5.74) is 3.05. The van der Waals surface area contributed by atoms with Crippen LogP contribution in [0.5, 0.6) is 0 Å². The minimum Gasteiger partial charge on any atom is -0.354 e. The van der Waals surface area contributed by atoms with E-state index in [4.69, 9.17) is 11.6 Å². The summed E-state index contributed by atoms with van der Waals surface area (Å²) in [5.74, 6) is 0.184. The maximum absolute atomic E-state index is 13.2. The van der Waals surface area contributed by atoms with Crippen LogP contribution in [0.3, 0.4) is 0 Å². The predicted molar refractivity (Wildman–Crippen MR) is 119 cm³/mol. The number of benzene rings is 2. The Labute approximate surface area is 179 Å². The zero-order valence-corrected chi connectivity index (χ0v) is 18.5. The minimum atomic E-state index is -0.505. The van der Waals surface area contributed by atoms with Crippen LogP contribution >= 0.6 is 11.6 Å². The van der Waals surface area contributed by atoms with Crippen LogP contribution in [-0.2, 0) is 22.6 Å². The number of carbonyl (C=O) groups excluding carboxylic acids is 2. The Kier molecular flexibility index (Phi) is 8.71. The lowest BCUT2D eigenvalue weighted by Gasteiger charge is -2.31. The van der Waals surface area contributed by atoms with Crippen LogP contribution in [-0.4, -0.2) is 29.3 Å². The van der Waals surface area contributed by atoms with Crippen LogP contribution in [0.1, 0.15) is 43.9 Å². The zero-order chi connectivity index (χ0) is 21.4. The topological polar surface area (TPSA) is 49.4 Å². The number of carbonyl (C=O) groups is 2. The summed E-state index contributed by atoms with van der Waals surface area (Å²) in [5, 5.41) is 3.62. The molecule has 0 aromatic heterocycles. The molecule has 0 aliphatic heterocycles. The van der Waals surface area contributed by atoms with E-state index in [-0.39, 0.29) is 18.2 Å². The van der Waals surface area contributed by atoms with Crippen molar-refractivity contribution in [2.24, 2.45) is 5.92 Å². The normalized spacial score (nSPS) is 11.9. The molecule has 29 heavy (non-hydrogen) atoms. The molecule has 0 bridgehead atoms. The SMILES string of the molecule is CCC(C(=O)NCC(C)C)N(Cc1ccc(C)cc1)C(=O)Cc1ccc(Cl)cc1. The van der Waals surface area contributed by atoms with Gasteiger partial charge in [0.25, 0.3) is 0 Å². The molecule has 4 nitrogen and oxygen atoms in total. The Morgan fingerprint density at radius 3 is 2.14 bits per heavy atom. The van der Waals surface area contributed by atoms with E-state index in [1.807, 2.05) is 50.2 Å². The van der Waals surface area contributed by atoms with Crippen molar-refractivity contribution >= 4 is 23.4 Å². The van der Waals surface area contributed by atoms with Crippen molar-refractivity contribution < 1.29 is 9.59 Å². The number of nitrogens with zero attached hydrogens (tertiary/aromatic N) is 1. The van der Waals surface area contributed by atoms with E-state index < -0.39 is 6.04 Å². The second-order valence-electron chi connectivity index (χ2n) is 7.87. The third-order valence-electron chi connectivity index (χ3n) is 4.81. The molecule has 2 aromatic rings. The van der Waals surface area contributed by atoms with Gasteiger partial charge in [-0.15, -0.1) is 0 Å². The molecule has 0 aliphatic carbocycles. The molecule has 0 radical (unpaired) electrons. The second kappa shape index (κ2) is 11.0. The summed E-state index contributed by atoms with van der Waals surface area (Å²) in [6, 6.07) is 14.8. The maximum atomic E-state index is 13.2. The lowest BCUT2D eigenvalue weighted by Crippen LogP contribution is -2.50. The summed E-state index contributed by atoms with van der Waals surface area (Å²) in [6.45, 7) is 9.08. The molecule has 0 aliphatic rings. The number of hydrogen-bond acceptors (Lipinski definition) is 2. The molecule has 0 spiro atoms. The molecular formula is C24H31ClN2O2. The Bertz CT molecular complexity index is 801. The van der Waals surface area contributed by atoms with Gasteiger partial charge in [0.05, 0.1) is 6.42 Å². The van der Waals surface area contributed by atoms with Crippen molar-refractivity contribution in [1.29, 1.82) is 0 Å². The van der Waals surface area contributed by atoms with Crippen molar-refractivity contribution in [2.45, 2.75) is 53.1 Å². The summed E-state index contributed by atoms with van der Waals surface area (Å²) >= 11 is 5.96. The van der Waals surface area contributed by atoms with Crippen molar-refractivity contribution in [1.82, 2.24) is 10.2 Å². The van der Waals surface area contributed by atoms with Crippen LogP contribution in [0.15, 0.2) is 48.5 Å². The van der Waals surface area contributed by atoms with E-state index in [0.717, 1.165) is 16.7 Å². The molecule has 5 heteroatoms. The first kappa shape index (κ1) is 23.0. The molecule has 1 unspecified atom stereocenters. The molecule has 2 aromatic carbocycles. The lowest BCUT2D eigenvalue weighted by molar-refractivity contribution is -0.141. The molecule has 0 fully saturated rings. The molecule has 1 atom stereocenters. The molecule has 1 N–H and O–H groups in total. The lowest BCUT2D eigenvalue weighted by atomic mass is 10.1. The first-order chi connectivity index (χ1) is 13.8. The summed E-state index contributed by atoms with van der Waals surface area (Å²) in [6.07, 6.45) is 0.791. The van der Waals surface area contributed by atoms with Crippen LogP contribution in [0.25, 0.3) is 0 Å². The fourth-order valence-electron chi connectivity index (χ4n) is 3.11. The molecule has 156 valence electrons. The van der Waals surface area contributed by atoms with E-state index in [2.05, 4.69) is 19.2 Å².